The van der Waals surface area contributed by atoms with Crippen LogP contribution in [-0.4, -0.2) is 70.0 Å². The van der Waals surface area contributed by atoms with E-state index in [1.807, 2.05) is 21.1 Å². The lowest BCUT2D eigenvalue weighted by Gasteiger charge is -2.28. The van der Waals surface area contributed by atoms with Crippen molar-refractivity contribution >= 4 is 19.8 Å². The summed E-state index contributed by atoms with van der Waals surface area (Å²) >= 11 is 0. The van der Waals surface area contributed by atoms with Crippen molar-refractivity contribution in [3.63, 3.8) is 0 Å². The molecule has 2 atom stereocenters. The first-order chi connectivity index (χ1) is 30.0. The molecule has 9 nitrogen and oxygen atoms in total. The van der Waals surface area contributed by atoms with Crippen molar-refractivity contribution in [2.75, 3.05) is 47.5 Å². The summed E-state index contributed by atoms with van der Waals surface area (Å²) in [6, 6.07) is 0. The summed E-state index contributed by atoms with van der Waals surface area (Å²) in [5.74, 6) is -0.831. The molecule has 0 spiro atoms. The molecule has 364 valence electrons. The van der Waals surface area contributed by atoms with Crippen LogP contribution in [0.25, 0.3) is 0 Å². The molecule has 0 aliphatic carbocycles. The molecule has 0 N–H and O–H groups in total. The number of nitrogens with zero attached hydrogens (tertiary/aromatic N) is 1. The molecule has 10 heteroatoms. The van der Waals surface area contributed by atoms with Crippen LogP contribution in [0, 0.1) is 0 Å². The molecule has 0 rings (SSSR count). The van der Waals surface area contributed by atoms with Crippen molar-refractivity contribution in [2.45, 2.75) is 238 Å². The third-order valence-electron chi connectivity index (χ3n) is 11.2. The predicted molar refractivity (Wildman–Crippen MR) is 259 cm³/mol. The summed E-state index contributed by atoms with van der Waals surface area (Å²) in [4.78, 5) is 37.7. The number of esters is 2. The molecule has 2 unspecified atom stereocenters. The zero-order valence-electron chi connectivity index (χ0n) is 41.1. The Morgan fingerprint density at radius 1 is 0.500 bits per heavy atom. The number of quaternary nitrogens is 1. The number of rotatable bonds is 47. The summed E-state index contributed by atoms with van der Waals surface area (Å²) in [5.41, 5.74) is 0. The van der Waals surface area contributed by atoms with Crippen LogP contribution in [-0.2, 0) is 32.7 Å². The number of allylic oxidation sites excluding steroid dienone is 6. The van der Waals surface area contributed by atoms with Gasteiger partial charge < -0.3 is 27.9 Å². The highest BCUT2D eigenvalue weighted by molar-refractivity contribution is 7.45. The molecule has 0 aromatic rings. The quantitative estimate of drug-likeness (QED) is 0.0195. The number of likely N-dealkylation sites (N-methyl/N-ethyl adjacent to an activating group) is 1. The zero-order chi connectivity index (χ0) is 45.7. The van der Waals surface area contributed by atoms with E-state index in [1.165, 1.54) is 141 Å². The van der Waals surface area contributed by atoms with E-state index in [0.29, 0.717) is 17.4 Å². The minimum atomic E-state index is -4.63. The Balaban J connectivity index is 4.20. The van der Waals surface area contributed by atoms with E-state index in [2.05, 4.69) is 50.3 Å². The third kappa shape index (κ3) is 47.7. The topological polar surface area (TPSA) is 111 Å². The van der Waals surface area contributed by atoms with Crippen molar-refractivity contribution in [2.24, 2.45) is 0 Å². The summed E-state index contributed by atoms with van der Waals surface area (Å²) in [5, 5.41) is 0. The number of carbonyl (C=O) groups excluding carboxylic acids is 2. The molecule has 0 radical (unpaired) electrons. The van der Waals surface area contributed by atoms with Crippen LogP contribution in [0.4, 0.5) is 0 Å². The highest BCUT2D eigenvalue weighted by Crippen LogP contribution is 2.38. The van der Waals surface area contributed by atoms with Gasteiger partial charge in [0.15, 0.2) is 6.10 Å². The Morgan fingerprint density at radius 2 is 0.871 bits per heavy atom. The first kappa shape index (κ1) is 60.2. The van der Waals surface area contributed by atoms with E-state index >= 15 is 0 Å². The average molecular weight is 896 g/mol. The number of ether oxygens (including phenoxy) is 2. The molecule has 0 aromatic heterocycles. The van der Waals surface area contributed by atoms with Gasteiger partial charge in [0.2, 0.25) is 0 Å². The van der Waals surface area contributed by atoms with E-state index < -0.39 is 26.5 Å². The van der Waals surface area contributed by atoms with Crippen LogP contribution in [0.5, 0.6) is 0 Å². The van der Waals surface area contributed by atoms with Crippen molar-refractivity contribution in [3.8, 4) is 0 Å². The number of phosphoric acid groups is 1. The summed E-state index contributed by atoms with van der Waals surface area (Å²) in [6.45, 7) is 4.23. The maximum absolute atomic E-state index is 12.7. The Bertz CT molecular complexity index is 1150. The van der Waals surface area contributed by atoms with Crippen LogP contribution >= 0.6 is 7.82 Å². The van der Waals surface area contributed by atoms with Gasteiger partial charge in [0.1, 0.15) is 19.8 Å². The van der Waals surface area contributed by atoms with Gasteiger partial charge in [0.05, 0.1) is 27.7 Å². The van der Waals surface area contributed by atoms with Gasteiger partial charge in [-0.15, -0.1) is 0 Å². The molecule has 0 aliphatic heterocycles. The second-order valence-electron chi connectivity index (χ2n) is 18.5. The first-order valence-electron chi connectivity index (χ1n) is 25.7. The van der Waals surface area contributed by atoms with Gasteiger partial charge in [-0.3, -0.25) is 14.2 Å². The van der Waals surface area contributed by atoms with Gasteiger partial charge in [0.25, 0.3) is 7.82 Å². The van der Waals surface area contributed by atoms with Gasteiger partial charge in [0, 0.05) is 12.8 Å². The van der Waals surface area contributed by atoms with Crippen molar-refractivity contribution in [1.82, 2.24) is 0 Å². The Morgan fingerprint density at radius 3 is 1.29 bits per heavy atom. The van der Waals surface area contributed by atoms with Crippen LogP contribution in [0.1, 0.15) is 232 Å². The summed E-state index contributed by atoms with van der Waals surface area (Å²) < 4.78 is 34.0. The number of hydrogen-bond donors (Lipinski definition) is 0. The molecular weight excluding hydrogens is 798 g/mol. The fraction of sp³-hybridized carbons (Fsp3) is 0.846. The van der Waals surface area contributed by atoms with E-state index in [0.717, 1.165) is 57.8 Å². The van der Waals surface area contributed by atoms with Crippen molar-refractivity contribution in [1.29, 1.82) is 0 Å². The number of carbonyl (C=O) groups is 2. The van der Waals surface area contributed by atoms with E-state index in [9.17, 15) is 19.0 Å². The highest BCUT2D eigenvalue weighted by Gasteiger charge is 2.21. The van der Waals surface area contributed by atoms with Crippen molar-refractivity contribution < 1.29 is 42.1 Å². The zero-order valence-corrected chi connectivity index (χ0v) is 42.0. The molecule has 0 fully saturated rings. The molecule has 0 amide bonds. The van der Waals surface area contributed by atoms with Crippen LogP contribution in [0.3, 0.4) is 0 Å². The minimum Gasteiger partial charge on any atom is -0.756 e. The smallest absolute Gasteiger partial charge is 0.306 e. The Labute approximate surface area is 382 Å². The Hall–Kier alpha value is -1.77. The highest BCUT2D eigenvalue weighted by atomic mass is 31.2. The molecular formula is C52H98NO8P. The van der Waals surface area contributed by atoms with Gasteiger partial charge in [-0.2, -0.15) is 0 Å². The van der Waals surface area contributed by atoms with Crippen LogP contribution in [0.2, 0.25) is 0 Å². The molecule has 0 aliphatic rings. The lowest BCUT2D eigenvalue weighted by atomic mass is 10.0. The fourth-order valence-corrected chi connectivity index (χ4v) is 7.86. The lowest BCUT2D eigenvalue weighted by Crippen LogP contribution is -2.37. The summed E-state index contributed by atoms with van der Waals surface area (Å²) in [6.07, 6.45) is 51.7. The van der Waals surface area contributed by atoms with Crippen LogP contribution < -0.4 is 4.89 Å². The van der Waals surface area contributed by atoms with Gasteiger partial charge in [-0.05, 0) is 51.4 Å². The van der Waals surface area contributed by atoms with Gasteiger partial charge in [-0.1, -0.05) is 204 Å². The lowest BCUT2D eigenvalue weighted by molar-refractivity contribution is -0.870. The minimum absolute atomic E-state index is 0.0305. The number of hydrogen-bond acceptors (Lipinski definition) is 8. The number of unbranched alkanes of at least 4 members (excludes halogenated alkanes) is 27. The Kier molecular flexibility index (Phi) is 43.2. The second kappa shape index (κ2) is 44.4. The number of phosphoric ester groups is 1. The molecule has 0 heterocycles. The van der Waals surface area contributed by atoms with Crippen molar-refractivity contribution in [3.05, 3.63) is 36.5 Å². The van der Waals surface area contributed by atoms with E-state index in [1.54, 1.807) is 0 Å². The molecule has 0 bridgehead atoms. The fourth-order valence-electron chi connectivity index (χ4n) is 7.13. The van der Waals surface area contributed by atoms with E-state index in [4.69, 9.17) is 18.5 Å². The molecule has 0 saturated carbocycles. The van der Waals surface area contributed by atoms with Gasteiger partial charge in [-0.25, -0.2) is 0 Å². The summed E-state index contributed by atoms with van der Waals surface area (Å²) in [7, 11) is 1.17. The predicted octanol–water partition coefficient (Wildman–Crippen LogP) is 14.6. The maximum Gasteiger partial charge on any atom is 0.306 e. The van der Waals surface area contributed by atoms with Gasteiger partial charge >= 0.3 is 11.9 Å². The van der Waals surface area contributed by atoms with Crippen LogP contribution in [0.15, 0.2) is 36.5 Å². The largest absolute Gasteiger partial charge is 0.756 e. The monoisotopic (exact) mass is 896 g/mol. The second-order valence-corrected chi connectivity index (χ2v) is 20.0. The third-order valence-corrected chi connectivity index (χ3v) is 12.1. The molecule has 0 saturated heterocycles. The normalized spacial score (nSPS) is 13.7. The SMILES string of the molecule is CCCCCCC/C=C\C/C=C\C/C=C\CCCCCCCCCCCCC(=O)OC(COC(=O)CCCCCCCCCCCCCCC)COP(=O)([O-])OCC[N+](C)(C)C. The first-order valence-corrected chi connectivity index (χ1v) is 27.2. The maximum atomic E-state index is 12.7. The van der Waals surface area contributed by atoms with E-state index in [-0.39, 0.29) is 32.0 Å². The molecule has 0 aromatic carbocycles. The standard InChI is InChI=1S/C52H98NO8P/c1-6-8-10-12-14-16-18-20-21-22-23-24-25-26-27-28-29-30-31-33-35-37-39-41-43-45-52(55)61-50(49-60-62(56,57)59-47-46-53(3,4)5)48-58-51(54)44-42-40-38-36-34-32-19-17-15-13-11-9-7-2/h18,20,22-23,25-26,50H,6-17,19,21,24,27-49H2,1-5H3/b20-18-,23-22-,26-25-. The molecule has 62 heavy (non-hydrogen) atoms. The average Bonchev–Trinajstić information content (AvgIpc) is 3.23.